The van der Waals surface area contributed by atoms with Gasteiger partial charge in [-0.2, -0.15) is 5.10 Å². The summed E-state index contributed by atoms with van der Waals surface area (Å²) < 4.78 is 1.72. The molecule has 0 fully saturated rings. The average molecular weight is 265 g/mol. The maximum absolute atomic E-state index is 11.8. The van der Waals surface area contributed by atoms with Gasteiger partial charge in [-0.05, 0) is 12.6 Å². The molecule has 2 aromatic heterocycles. The van der Waals surface area contributed by atoms with E-state index in [0.717, 1.165) is 10.7 Å². The van der Waals surface area contributed by atoms with Gasteiger partial charge in [0.15, 0.2) is 0 Å². The number of aromatic nitrogens is 3. The normalized spacial score (nSPS) is 10.6. The van der Waals surface area contributed by atoms with Crippen molar-refractivity contribution in [2.24, 2.45) is 12.8 Å². The van der Waals surface area contributed by atoms with E-state index in [-0.39, 0.29) is 5.91 Å². The van der Waals surface area contributed by atoms with Crippen LogP contribution < -0.4 is 11.1 Å². The van der Waals surface area contributed by atoms with E-state index in [0.29, 0.717) is 25.2 Å². The molecule has 1 amide bonds. The van der Waals surface area contributed by atoms with Gasteiger partial charge in [-0.3, -0.25) is 9.48 Å². The Morgan fingerprint density at radius 2 is 2.44 bits per heavy atom. The summed E-state index contributed by atoms with van der Waals surface area (Å²) in [7, 11) is 1.84. The largest absolute Gasteiger partial charge is 0.345 e. The summed E-state index contributed by atoms with van der Waals surface area (Å²) in [6.07, 6.45) is 2.41. The van der Waals surface area contributed by atoms with Crippen LogP contribution in [0, 0.1) is 0 Å². The second-order valence-corrected chi connectivity index (χ2v) is 4.74. The van der Waals surface area contributed by atoms with Crippen molar-refractivity contribution in [1.29, 1.82) is 0 Å². The maximum atomic E-state index is 11.8. The van der Waals surface area contributed by atoms with Gasteiger partial charge in [-0.15, -0.1) is 11.3 Å². The van der Waals surface area contributed by atoms with Crippen molar-refractivity contribution in [1.82, 2.24) is 20.1 Å². The highest BCUT2D eigenvalue weighted by atomic mass is 32.1. The summed E-state index contributed by atoms with van der Waals surface area (Å²) in [5, 5.41) is 9.49. The summed E-state index contributed by atoms with van der Waals surface area (Å²) >= 11 is 1.46. The lowest BCUT2D eigenvalue weighted by Crippen LogP contribution is -2.24. The standard InChI is InChI=1S/C11H15N5OS/c1-16-8(3-5-14-16)6-13-11(17)9-7-18-10(15-9)2-4-12/h3,5,7H,2,4,6,12H2,1H3,(H,13,17). The smallest absolute Gasteiger partial charge is 0.271 e. The SMILES string of the molecule is Cn1nccc1CNC(=O)c1csc(CCN)n1. The number of rotatable bonds is 5. The molecule has 3 N–H and O–H groups in total. The van der Waals surface area contributed by atoms with Gasteiger partial charge in [-0.25, -0.2) is 4.98 Å². The molecule has 2 aromatic rings. The van der Waals surface area contributed by atoms with Crippen molar-refractivity contribution in [3.05, 3.63) is 34.0 Å². The Bertz CT molecular complexity index is 533. The van der Waals surface area contributed by atoms with Gasteiger partial charge >= 0.3 is 0 Å². The molecule has 0 aliphatic rings. The topological polar surface area (TPSA) is 85.8 Å². The molecular weight excluding hydrogens is 250 g/mol. The Hall–Kier alpha value is -1.73. The molecule has 2 heterocycles. The van der Waals surface area contributed by atoms with E-state index in [1.165, 1.54) is 11.3 Å². The molecule has 0 aromatic carbocycles. The predicted molar refractivity (Wildman–Crippen MR) is 69.3 cm³/mol. The Morgan fingerprint density at radius 3 is 3.11 bits per heavy atom. The molecule has 0 aliphatic heterocycles. The molecule has 0 saturated heterocycles. The Labute approximate surface area is 109 Å². The van der Waals surface area contributed by atoms with E-state index in [1.54, 1.807) is 16.3 Å². The second kappa shape index (κ2) is 5.74. The van der Waals surface area contributed by atoms with E-state index in [2.05, 4.69) is 15.4 Å². The molecule has 2 rings (SSSR count). The average Bonchev–Trinajstić information content (AvgIpc) is 2.96. The van der Waals surface area contributed by atoms with E-state index >= 15 is 0 Å². The van der Waals surface area contributed by atoms with Crippen LogP contribution in [0.4, 0.5) is 0 Å². The fraction of sp³-hybridized carbons (Fsp3) is 0.364. The number of hydrogen-bond donors (Lipinski definition) is 2. The van der Waals surface area contributed by atoms with E-state index < -0.39 is 0 Å². The van der Waals surface area contributed by atoms with Gasteiger partial charge in [-0.1, -0.05) is 0 Å². The number of aryl methyl sites for hydroxylation is 1. The van der Waals surface area contributed by atoms with Crippen molar-refractivity contribution >= 4 is 17.2 Å². The van der Waals surface area contributed by atoms with Crippen molar-refractivity contribution in [3.63, 3.8) is 0 Å². The van der Waals surface area contributed by atoms with Gasteiger partial charge < -0.3 is 11.1 Å². The van der Waals surface area contributed by atoms with Crippen LogP contribution in [0.2, 0.25) is 0 Å². The van der Waals surface area contributed by atoms with Crippen LogP contribution >= 0.6 is 11.3 Å². The summed E-state index contributed by atoms with van der Waals surface area (Å²) in [4.78, 5) is 16.1. The Kier molecular flexibility index (Phi) is 4.06. The molecule has 0 unspecified atom stereocenters. The first-order valence-corrected chi connectivity index (χ1v) is 6.48. The lowest BCUT2D eigenvalue weighted by molar-refractivity contribution is 0.0945. The van der Waals surface area contributed by atoms with Crippen LogP contribution in [0.25, 0.3) is 0 Å². The highest BCUT2D eigenvalue weighted by molar-refractivity contribution is 7.09. The lowest BCUT2D eigenvalue weighted by atomic mass is 10.4. The Balaban J connectivity index is 1.93. The molecule has 0 radical (unpaired) electrons. The highest BCUT2D eigenvalue weighted by Gasteiger charge is 2.10. The quantitative estimate of drug-likeness (QED) is 0.814. The lowest BCUT2D eigenvalue weighted by Gasteiger charge is -2.03. The van der Waals surface area contributed by atoms with Gasteiger partial charge in [0.2, 0.25) is 0 Å². The first-order valence-electron chi connectivity index (χ1n) is 5.60. The third-order valence-electron chi connectivity index (χ3n) is 2.50. The van der Waals surface area contributed by atoms with E-state index in [1.807, 2.05) is 13.1 Å². The Morgan fingerprint density at radius 1 is 1.61 bits per heavy atom. The second-order valence-electron chi connectivity index (χ2n) is 3.79. The zero-order chi connectivity index (χ0) is 13.0. The molecular formula is C11H15N5OS. The molecule has 6 nitrogen and oxygen atoms in total. The van der Waals surface area contributed by atoms with Crippen molar-refractivity contribution in [2.75, 3.05) is 6.54 Å². The van der Waals surface area contributed by atoms with E-state index in [4.69, 9.17) is 5.73 Å². The fourth-order valence-electron chi connectivity index (χ4n) is 1.49. The van der Waals surface area contributed by atoms with Gasteiger partial charge in [0, 0.05) is 25.0 Å². The first-order chi connectivity index (χ1) is 8.70. The summed E-state index contributed by atoms with van der Waals surface area (Å²) in [5.74, 6) is -0.171. The highest BCUT2D eigenvalue weighted by Crippen LogP contribution is 2.10. The number of hydrogen-bond acceptors (Lipinski definition) is 5. The van der Waals surface area contributed by atoms with E-state index in [9.17, 15) is 4.79 Å². The van der Waals surface area contributed by atoms with Crippen molar-refractivity contribution < 1.29 is 4.79 Å². The minimum atomic E-state index is -0.171. The van der Waals surface area contributed by atoms with Crippen molar-refractivity contribution in [2.45, 2.75) is 13.0 Å². The molecule has 0 atom stereocenters. The van der Waals surface area contributed by atoms with Crippen LogP contribution in [-0.2, 0) is 20.0 Å². The zero-order valence-electron chi connectivity index (χ0n) is 10.1. The van der Waals surface area contributed by atoms with Crippen LogP contribution in [0.1, 0.15) is 21.2 Å². The number of thiazole rings is 1. The predicted octanol–water partition coefficient (Wildman–Crippen LogP) is 0.308. The number of amides is 1. The number of nitrogens with two attached hydrogens (primary N) is 1. The molecule has 0 saturated carbocycles. The van der Waals surface area contributed by atoms with Crippen molar-refractivity contribution in [3.8, 4) is 0 Å². The summed E-state index contributed by atoms with van der Waals surface area (Å²) in [5.41, 5.74) is 6.84. The van der Waals surface area contributed by atoms with Crippen LogP contribution in [0.3, 0.4) is 0 Å². The number of carbonyl (C=O) groups excluding carboxylic acids is 1. The zero-order valence-corrected chi connectivity index (χ0v) is 10.9. The minimum Gasteiger partial charge on any atom is -0.345 e. The summed E-state index contributed by atoms with van der Waals surface area (Å²) in [6, 6.07) is 1.86. The monoisotopic (exact) mass is 265 g/mol. The molecule has 96 valence electrons. The van der Waals surface area contributed by atoms with Gasteiger partial charge in [0.25, 0.3) is 5.91 Å². The molecule has 0 aliphatic carbocycles. The maximum Gasteiger partial charge on any atom is 0.271 e. The van der Waals surface area contributed by atoms with Gasteiger partial charge in [0.1, 0.15) is 5.69 Å². The van der Waals surface area contributed by atoms with Crippen LogP contribution in [0.15, 0.2) is 17.6 Å². The number of nitrogens with one attached hydrogen (secondary N) is 1. The fourth-order valence-corrected chi connectivity index (χ4v) is 2.28. The third-order valence-corrected chi connectivity index (χ3v) is 3.40. The minimum absolute atomic E-state index is 0.171. The molecule has 18 heavy (non-hydrogen) atoms. The van der Waals surface area contributed by atoms with Gasteiger partial charge in [0.05, 0.1) is 17.2 Å². The summed E-state index contributed by atoms with van der Waals surface area (Å²) in [6.45, 7) is 0.989. The molecule has 0 spiro atoms. The van der Waals surface area contributed by atoms with Crippen LogP contribution in [0.5, 0.6) is 0 Å². The number of nitrogens with zero attached hydrogens (tertiary/aromatic N) is 3. The number of carbonyl (C=O) groups is 1. The molecule has 0 bridgehead atoms. The van der Waals surface area contributed by atoms with Crippen LogP contribution in [-0.4, -0.2) is 27.2 Å². The molecule has 7 heteroatoms. The first kappa shape index (κ1) is 12.7. The third kappa shape index (κ3) is 2.93.